The fraction of sp³-hybridized carbons (Fsp3) is 0.643. The molecule has 0 amide bonds. The van der Waals surface area contributed by atoms with Crippen LogP contribution in [0.4, 0.5) is 19.0 Å². The molecular formula is C14H17F3N6. The van der Waals surface area contributed by atoms with E-state index in [4.69, 9.17) is 0 Å². The molecule has 1 N–H and O–H groups in total. The first kappa shape index (κ1) is 14.7. The van der Waals surface area contributed by atoms with Crippen molar-refractivity contribution in [2.45, 2.75) is 43.9 Å². The molecule has 2 atom stereocenters. The second-order valence-electron chi connectivity index (χ2n) is 6.15. The van der Waals surface area contributed by atoms with Gasteiger partial charge in [0, 0.05) is 18.6 Å². The van der Waals surface area contributed by atoms with E-state index in [-0.39, 0.29) is 11.7 Å². The van der Waals surface area contributed by atoms with Gasteiger partial charge in [-0.15, -0.1) is 15.3 Å². The van der Waals surface area contributed by atoms with Crippen LogP contribution in [-0.2, 0) is 6.18 Å². The molecule has 0 aromatic carbocycles. The van der Waals surface area contributed by atoms with E-state index in [0.717, 1.165) is 30.4 Å². The highest BCUT2D eigenvalue weighted by Crippen LogP contribution is 2.30. The molecule has 2 aliphatic rings. The summed E-state index contributed by atoms with van der Waals surface area (Å²) < 4.78 is 39.5. The molecule has 0 spiro atoms. The van der Waals surface area contributed by atoms with Crippen molar-refractivity contribution in [1.82, 2.24) is 24.7 Å². The first-order valence-corrected chi connectivity index (χ1v) is 7.82. The summed E-state index contributed by atoms with van der Waals surface area (Å²) in [7, 11) is 0. The zero-order valence-electron chi connectivity index (χ0n) is 12.4. The van der Waals surface area contributed by atoms with Crippen LogP contribution in [-0.4, -0.2) is 49.9 Å². The topological polar surface area (TPSA) is 58.4 Å². The maximum atomic E-state index is 12.9. The Labute approximate surface area is 130 Å². The predicted octanol–water partition coefficient (Wildman–Crippen LogP) is 2.18. The van der Waals surface area contributed by atoms with Gasteiger partial charge in [0.2, 0.25) is 0 Å². The van der Waals surface area contributed by atoms with Crippen molar-refractivity contribution in [3.63, 3.8) is 0 Å². The summed E-state index contributed by atoms with van der Waals surface area (Å²) in [5.74, 6) is -0.665. The van der Waals surface area contributed by atoms with Crippen molar-refractivity contribution in [3.8, 4) is 0 Å². The Balaban J connectivity index is 1.60. The van der Waals surface area contributed by atoms with E-state index < -0.39 is 12.0 Å². The summed E-state index contributed by atoms with van der Waals surface area (Å²) in [4.78, 5) is 2.46. The number of anilines is 1. The van der Waals surface area contributed by atoms with Crippen molar-refractivity contribution in [2.24, 2.45) is 0 Å². The highest BCUT2D eigenvalue weighted by Gasteiger charge is 2.38. The summed E-state index contributed by atoms with van der Waals surface area (Å²) >= 11 is 0. The maximum Gasteiger partial charge on any atom is 0.453 e. The summed E-state index contributed by atoms with van der Waals surface area (Å²) in [6.07, 6.45) is -0.0316. The number of hydrogen-bond donors (Lipinski definition) is 1. The molecule has 0 saturated carbocycles. The van der Waals surface area contributed by atoms with Crippen molar-refractivity contribution in [2.75, 3.05) is 18.4 Å². The second-order valence-corrected chi connectivity index (χ2v) is 6.15. The van der Waals surface area contributed by atoms with Gasteiger partial charge in [0.25, 0.3) is 5.82 Å². The summed E-state index contributed by atoms with van der Waals surface area (Å²) in [5.41, 5.74) is 0.0913. The summed E-state index contributed by atoms with van der Waals surface area (Å²) in [5, 5.41) is 14.1. The highest BCUT2D eigenvalue weighted by atomic mass is 19.4. The summed E-state index contributed by atoms with van der Waals surface area (Å²) in [6.45, 7) is 2.14. The first-order valence-electron chi connectivity index (χ1n) is 7.82. The average molecular weight is 326 g/mol. The number of aromatic nitrogens is 4. The van der Waals surface area contributed by atoms with E-state index in [2.05, 4.69) is 25.5 Å². The van der Waals surface area contributed by atoms with E-state index in [9.17, 15) is 13.2 Å². The zero-order valence-corrected chi connectivity index (χ0v) is 12.4. The number of nitrogens with zero attached hydrogens (tertiary/aromatic N) is 5. The standard InChI is InChI=1S/C14H17F3N6/c15-14(16,17)13-20-19-12-5-4-11(21-23(12)13)18-9-6-8-22-7-2-1-3-10(9)22/h4-5,9-10H,1-3,6-8H2,(H,18,21)/t9-,10-/m1/s1. The van der Waals surface area contributed by atoms with Gasteiger partial charge >= 0.3 is 6.18 Å². The van der Waals surface area contributed by atoms with Gasteiger partial charge in [0.1, 0.15) is 5.82 Å². The van der Waals surface area contributed by atoms with E-state index in [1.165, 1.54) is 18.9 Å². The SMILES string of the molecule is FC(F)(F)c1nnc2ccc(N[C@@H]3CCN4CCCC[C@H]34)nn12. The number of hydrogen-bond acceptors (Lipinski definition) is 5. The second kappa shape index (κ2) is 5.33. The first-order chi connectivity index (χ1) is 11.0. The van der Waals surface area contributed by atoms with Crippen LogP contribution in [0.2, 0.25) is 0 Å². The van der Waals surface area contributed by atoms with Crippen molar-refractivity contribution in [3.05, 3.63) is 18.0 Å². The fourth-order valence-electron chi connectivity index (χ4n) is 3.65. The number of rotatable bonds is 2. The number of halogens is 3. The molecule has 2 aliphatic heterocycles. The van der Waals surface area contributed by atoms with E-state index in [1.54, 1.807) is 6.07 Å². The maximum absolute atomic E-state index is 12.9. The Morgan fingerprint density at radius 1 is 1.09 bits per heavy atom. The molecular weight excluding hydrogens is 309 g/mol. The van der Waals surface area contributed by atoms with Gasteiger partial charge in [-0.3, -0.25) is 4.90 Å². The van der Waals surface area contributed by atoms with Crippen LogP contribution in [0.25, 0.3) is 5.65 Å². The Morgan fingerprint density at radius 2 is 1.96 bits per heavy atom. The fourth-order valence-corrected chi connectivity index (χ4v) is 3.65. The van der Waals surface area contributed by atoms with Crippen LogP contribution in [0, 0.1) is 0 Å². The van der Waals surface area contributed by atoms with Gasteiger partial charge in [-0.2, -0.15) is 17.7 Å². The lowest BCUT2D eigenvalue weighted by atomic mass is 9.99. The number of alkyl halides is 3. The van der Waals surface area contributed by atoms with Crippen LogP contribution < -0.4 is 5.32 Å². The third-order valence-corrected chi connectivity index (χ3v) is 4.71. The van der Waals surface area contributed by atoms with E-state index in [0.29, 0.717) is 11.9 Å². The molecule has 0 bridgehead atoms. The monoisotopic (exact) mass is 326 g/mol. The molecule has 4 heterocycles. The Hall–Kier alpha value is -1.90. The summed E-state index contributed by atoms with van der Waals surface area (Å²) in [6, 6.07) is 3.84. The molecule has 2 aromatic rings. The molecule has 0 unspecified atom stereocenters. The third-order valence-electron chi connectivity index (χ3n) is 4.71. The lowest BCUT2D eigenvalue weighted by Gasteiger charge is -2.32. The number of nitrogens with one attached hydrogen (secondary N) is 1. The lowest BCUT2D eigenvalue weighted by Crippen LogP contribution is -2.41. The lowest BCUT2D eigenvalue weighted by molar-refractivity contribution is -0.146. The molecule has 0 aliphatic carbocycles. The molecule has 124 valence electrons. The molecule has 2 fully saturated rings. The predicted molar refractivity (Wildman–Crippen MR) is 77.0 cm³/mol. The minimum absolute atomic E-state index is 0.0913. The van der Waals surface area contributed by atoms with Gasteiger partial charge < -0.3 is 5.32 Å². The molecule has 2 aromatic heterocycles. The van der Waals surface area contributed by atoms with Crippen LogP contribution in [0.15, 0.2) is 12.1 Å². The Bertz CT molecular complexity index is 712. The minimum Gasteiger partial charge on any atom is -0.364 e. The number of fused-ring (bicyclic) bond motifs is 2. The normalized spacial score (nSPS) is 25.7. The molecule has 6 nitrogen and oxygen atoms in total. The van der Waals surface area contributed by atoms with Crippen LogP contribution in [0.5, 0.6) is 0 Å². The van der Waals surface area contributed by atoms with Crippen LogP contribution in [0.1, 0.15) is 31.5 Å². The van der Waals surface area contributed by atoms with Gasteiger partial charge in [-0.25, -0.2) is 0 Å². The third kappa shape index (κ3) is 2.62. The molecule has 2 saturated heterocycles. The van der Waals surface area contributed by atoms with Gasteiger partial charge in [-0.1, -0.05) is 6.42 Å². The van der Waals surface area contributed by atoms with E-state index in [1.807, 2.05) is 0 Å². The van der Waals surface area contributed by atoms with E-state index >= 15 is 0 Å². The molecule has 4 rings (SSSR count). The smallest absolute Gasteiger partial charge is 0.364 e. The molecule has 0 radical (unpaired) electrons. The largest absolute Gasteiger partial charge is 0.453 e. The Kier molecular flexibility index (Phi) is 3.40. The molecule has 23 heavy (non-hydrogen) atoms. The van der Waals surface area contributed by atoms with Gasteiger partial charge in [-0.05, 0) is 37.9 Å². The van der Waals surface area contributed by atoms with Crippen molar-refractivity contribution >= 4 is 11.5 Å². The van der Waals surface area contributed by atoms with Crippen molar-refractivity contribution < 1.29 is 13.2 Å². The average Bonchev–Trinajstić information content (AvgIpc) is 3.11. The van der Waals surface area contributed by atoms with Crippen LogP contribution >= 0.6 is 0 Å². The van der Waals surface area contributed by atoms with Crippen LogP contribution in [0.3, 0.4) is 0 Å². The Morgan fingerprint density at radius 3 is 2.78 bits per heavy atom. The zero-order chi connectivity index (χ0) is 16.0. The van der Waals surface area contributed by atoms with Crippen molar-refractivity contribution in [1.29, 1.82) is 0 Å². The van der Waals surface area contributed by atoms with Gasteiger partial charge in [0.05, 0.1) is 0 Å². The molecule has 9 heteroatoms. The van der Waals surface area contributed by atoms with Gasteiger partial charge in [0.15, 0.2) is 5.65 Å². The quantitative estimate of drug-likeness (QED) is 0.917. The highest BCUT2D eigenvalue weighted by molar-refractivity contribution is 5.45. The number of piperidine rings is 1. The minimum atomic E-state index is -4.57.